The molecule has 0 saturated carbocycles. The van der Waals surface area contributed by atoms with E-state index in [1.807, 2.05) is 13.8 Å². The summed E-state index contributed by atoms with van der Waals surface area (Å²) in [6.07, 6.45) is 0.439. The molecule has 0 aliphatic heterocycles. The Hall–Kier alpha value is -1.86. The first-order valence-corrected chi connectivity index (χ1v) is 7.97. The predicted octanol–water partition coefficient (Wildman–Crippen LogP) is 1.82. The van der Waals surface area contributed by atoms with Crippen LogP contribution in [-0.4, -0.2) is 27.2 Å². The molecule has 0 fully saturated rings. The zero-order chi connectivity index (χ0) is 15.5. The van der Waals surface area contributed by atoms with Crippen molar-refractivity contribution in [1.82, 2.24) is 9.88 Å². The largest absolute Gasteiger partial charge is 0.495 e. The fourth-order valence-corrected chi connectivity index (χ4v) is 3.20. The van der Waals surface area contributed by atoms with Gasteiger partial charge in [0.05, 0.1) is 12.8 Å². The van der Waals surface area contributed by atoms with Crippen molar-refractivity contribution in [1.29, 1.82) is 0 Å². The third kappa shape index (κ3) is 3.83. The van der Waals surface area contributed by atoms with E-state index >= 15 is 0 Å². The third-order valence-corrected chi connectivity index (χ3v) is 4.43. The number of aryl methyl sites for hydroxylation is 2. The molecular weight excluding hydrogens is 292 g/mol. The summed E-state index contributed by atoms with van der Waals surface area (Å²) < 4.78 is 37.3. The molecule has 0 radical (unpaired) electrons. The van der Waals surface area contributed by atoms with Gasteiger partial charge in [-0.2, -0.15) is 0 Å². The van der Waals surface area contributed by atoms with E-state index in [1.54, 1.807) is 24.3 Å². The van der Waals surface area contributed by atoms with Gasteiger partial charge in [0.1, 0.15) is 16.4 Å². The van der Waals surface area contributed by atoms with E-state index in [0.717, 1.165) is 11.3 Å². The van der Waals surface area contributed by atoms with Gasteiger partial charge in [0.2, 0.25) is 10.0 Å². The van der Waals surface area contributed by atoms with Crippen LogP contribution in [0.5, 0.6) is 5.75 Å². The summed E-state index contributed by atoms with van der Waals surface area (Å²) in [7, 11) is -2.18. The summed E-state index contributed by atoms with van der Waals surface area (Å²) in [6, 6.07) is 6.81. The first kappa shape index (κ1) is 15.5. The zero-order valence-corrected chi connectivity index (χ0v) is 13.0. The van der Waals surface area contributed by atoms with E-state index < -0.39 is 10.0 Å². The van der Waals surface area contributed by atoms with Crippen LogP contribution in [0.2, 0.25) is 0 Å². The molecule has 1 N–H and O–H groups in total. The summed E-state index contributed by atoms with van der Waals surface area (Å²) in [5, 5.41) is 3.76. The van der Waals surface area contributed by atoms with Crippen molar-refractivity contribution in [3.63, 3.8) is 0 Å². The average Bonchev–Trinajstić information content (AvgIpc) is 2.84. The number of nitrogens with one attached hydrogen (secondary N) is 1. The van der Waals surface area contributed by atoms with Gasteiger partial charge in [-0.25, -0.2) is 13.1 Å². The van der Waals surface area contributed by atoms with Crippen molar-refractivity contribution in [2.24, 2.45) is 0 Å². The second-order valence-corrected chi connectivity index (χ2v) is 6.47. The van der Waals surface area contributed by atoms with Gasteiger partial charge >= 0.3 is 0 Å². The average molecular weight is 310 g/mol. The second-order valence-electron chi connectivity index (χ2n) is 4.74. The van der Waals surface area contributed by atoms with Gasteiger partial charge < -0.3 is 9.26 Å². The lowest BCUT2D eigenvalue weighted by molar-refractivity contribution is 0.379. The number of hydrogen-bond donors (Lipinski definition) is 1. The molecule has 7 heteroatoms. The van der Waals surface area contributed by atoms with E-state index in [4.69, 9.17) is 9.26 Å². The summed E-state index contributed by atoms with van der Waals surface area (Å²) in [4.78, 5) is 0.138. The number of ether oxygens (including phenoxy) is 1. The number of nitrogens with zero attached hydrogens (tertiary/aromatic N) is 1. The van der Waals surface area contributed by atoms with Gasteiger partial charge in [-0.15, -0.1) is 0 Å². The normalized spacial score (nSPS) is 11.6. The first-order valence-electron chi connectivity index (χ1n) is 6.49. The van der Waals surface area contributed by atoms with Gasteiger partial charge in [0.15, 0.2) is 0 Å². The van der Waals surface area contributed by atoms with Crippen molar-refractivity contribution in [3.8, 4) is 5.75 Å². The van der Waals surface area contributed by atoms with E-state index in [9.17, 15) is 8.42 Å². The summed E-state index contributed by atoms with van der Waals surface area (Å²) >= 11 is 0. The Balaban J connectivity index is 2.09. The lowest BCUT2D eigenvalue weighted by Crippen LogP contribution is -2.26. The molecule has 0 aliphatic rings. The number of rotatable bonds is 6. The molecule has 0 aliphatic carbocycles. The lowest BCUT2D eigenvalue weighted by Gasteiger charge is -2.11. The van der Waals surface area contributed by atoms with E-state index in [0.29, 0.717) is 17.9 Å². The van der Waals surface area contributed by atoms with E-state index in [-0.39, 0.29) is 11.4 Å². The Morgan fingerprint density at radius 3 is 2.67 bits per heavy atom. The minimum absolute atomic E-state index is 0.138. The maximum atomic E-state index is 12.3. The maximum Gasteiger partial charge on any atom is 0.244 e. The molecule has 0 saturated heterocycles. The van der Waals surface area contributed by atoms with Crippen molar-refractivity contribution < 1.29 is 17.7 Å². The zero-order valence-electron chi connectivity index (χ0n) is 12.2. The van der Waals surface area contributed by atoms with Crippen molar-refractivity contribution in [2.75, 3.05) is 13.7 Å². The van der Waals surface area contributed by atoms with Crippen molar-refractivity contribution in [2.45, 2.75) is 25.2 Å². The molecule has 2 rings (SSSR count). The quantitative estimate of drug-likeness (QED) is 0.880. The lowest BCUT2D eigenvalue weighted by atomic mass is 10.2. The van der Waals surface area contributed by atoms with E-state index in [1.165, 1.54) is 7.11 Å². The third-order valence-electron chi connectivity index (χ3n) is 2.95. The summed E-state index contributed by atoms with van der Waals surface area (Å²) in [6.45, 7) is 3.87. The van der Waals surface area contributed by atoms with Crippen LogP contribution in [0, 0.1) is 13.8 Å². The van der Waals surface area contributed by atoms with E-state index in [2.05, 4.69) is 9.88 Å². The molecule has 0 atom stereocenters. The molecule has 1 heterocycles. The Morgan fingerprint density at radius 1 is 1.29 bits per heavy atom. The van der Waals surface area contributed by atoms with Crippen molar-refractivity contribution >= 4 is 10.0 Å². The molecule has 1 aromatic carbocycles. The van der Waals surface area contributed by atoms with Crippen molar-refractivity contribution in [3.05, 3.63) is 41.3 Å². The molecule has 0 spiro atoms. The van der Waals surface area contributed by atoms with Gasteiger partial charge in [0, 0.05) is 19.0 Å². The van der Waals surface area contributed by atoms with Crippen LogP contribution in [0.3, 0.4) is 0 Å². The smallest absolute Gasteiger partial charge is 0.244 e. The summed E-state index contributed by atoms with van der Waals surface area (Å²) in [5.41, 5.74) is 1.62. The van der Waals surface area contributed by atoms with Gasteiger partial charge in [-0.3, -0.25) is 0 Å². The SMILES string of the molecule is COc1ccc(C)cc1S(=O)(=O)NCCc1cc(C)no1. The fourth-order valence-electron chi connectivity index (χ4n) is 1.91. The monoisotopic (exact) mass is 310 g/mol. The fraction of sp³-hybridized carbons (Fsp3) is 0.357. The number of sulfonamides is 1. The Kier molecular flexibility index (Phi) is 4.64. The van der Waals surface area contributed by atoms with Crippen LogP contribution >= 0.6 is 0 Å². The van der Waals surface area contributed by atoms with Crippen LogP contribution in [-0.2, 0) is 16.4 Å². The minimum atomic E-state index is -3.63. The van der Waals surface area contributed by atoms with Crippen LogP contribution in [0.25, 0.3) is 0 Å². The predicted molar refractivity (Wildman–Crippen MR) is 77.9 cm³/mol. The molecule has 0 bridgehead atoms. The van der Waals surface area contributed by atoms with Gasteiger partial charge in [-0.05, 0) is 31.5 Å². The topological polar surface area (TPSA) is 81.4 Å². The second kappa shape index (κ2) is 6.28. The molecule has 0 unspecified atom stereocenters. The number of aromatic nitrogens is 1. The molecule has 6 nitrogen and oxygen atoms in total. The molecule has 21 heavy (non-hydrogen) atoms. The highest BCUT2D eigenvalue weighted by Gasteiger charge is 2.19. The highest BCUT2D eigenvalue weighted by Crippen LogP contribution is 2.24. The van der Waals surface area contributed by atoms with Crippen LogP contribution < -0.4 is 9.46 Å². The Morgan fingerprint density at radius 2 is 2.05 bits per heavy atom. The Bertz CT molecular complexity index is 722. The molecule has 2 aromatic rings. The van der Waals surface area contributed by atoms with Crippen LogP contribution in [0.15, 0.2) is 33.7 Å². The molecule has 1 aromatic heterocycles. The van der Waals surface area contributed by atoms with Gasteiger partial charge in [-0.1, -0.05) is 11.2 Å². The summed E-state index contributed by atoms with van der Waals surface area (Å²) in [5.74, 6) is 0.968. The molecule has 0 amide bonds. The number of hydrogen-bond acceptors (Lipinski definition) is 5. The minimum Gasteiger partial charge on any atom is -0.495 e. The first-order chi connectivity index (χ1) is 9.92. The molecule has 114 valence electrons. The highest BCUT2D eigenvalue weighted by molar-refractivity contribution is 7.89. The van der Waals surface area contributed by atoms with Crippen LogP contribution in [0.4, 0.5) is 0 Å². The number of benzene rings is 1. The maximum absolute atomic E-state index is 12.3. The standard InChI is InChI=1S/C14H18N2O4S/c1-10-4-5-13(19-3)14(8-10)21(17,18)15-7-6-12-9-11(2)16-20-12/h4-5,8-9,15H,6-7H2,1-3H3. The molecular formula is C14H18N2O4S. The van der Waals surface area contributed by atoms with Crippen LogP contribution in [0.1, 0.15) is 17.0 Å². The Labute approximate surface area is 124 Å². The van der Waals surface area contributed by atoms with Gasteiger partial charge in [0.25, 0.3) is 0 Å². The number of methoxy groups -OCH3 is 1. The highest BCUT2D eigenvalue weighted by atomic mass is 32.2.